The number of rotatable bonds is 8. The van der Waals surface area contributed by atoms with E-state index in [4.69, 9.17) is 4.74 Å². The van der Waals surface area contributed by atoms with E-state index in [-0.39, 0.29) is 23.2 Å². The zero-order valence-corrected chi connectivity index (χ0v) is 22.2. The van der Waals surface area contributed by atoms with E-state index in [2.05, 4.69) is 25.6 Å². The number of halogens is 2. The molecule has 0 saturated heterocycles. The minimum Gasteiger partial charge on any atom is -0.492 e. The van der Waals surface area contributed by atoms with Crippen LogP contribution in [0.25, 0.3) is 22.3 Å². The SMILES string of the molecule is Cc1ccc(OCC2CC2)c(-c2ncnc3c(C(=O)N[C@@H]4CC[C@@H](NC(=O)[C@H](C)O)C[C@H]4F)c(C)[nH]c23)c1F. The molecule has 2 fully saturated rings. The van der Waals surface area contributed by atoms with Crippen LogP contribution in [0.5, 0.6) is 5.75 Å². The first kappa shape index (κ1) is 27.0. The van der Waals surface area contributed by atoms with Gasteiger partial charge < -0.3 is 25.5 Å². The molecule has 4 N–H and O–H groups in total. The van der Waals surface area contributed by atoms with Crippen LogP contribution in [0.15, 0.2) is 18.5 Å². The van der Waals surface area contributed by atoms with E-state index in [1.807, 2.05) is 0 Å². The number of aromatic nitrogens is 3. The first-order valence-corrected chi connectivity index (χ1v) is 13.3. The number of carbonyl (C=O) groups is 2. The van der Waals surface area contributed by atoms with Crippen LogP contribution in [-0.4, -0.2) is 62.8 Å². The highest BCUT2D eigenvalue weighted by atomic mass is 19.1. The summed E-state index contributed by atoms with van der Waals surface area (Å²) in [6.45, 7) is 5.21. The number of ether oxygens (including phenoxy) is 1. The molecule has 39 heavy (non-hydrogen) atoms. The number of H-pyrrole nitrogens is 1. The molecule has 11 heteroatoms. The summed E-state index contributed by atoms with van der Waals surface area (Å²) in [6, 6.07) is 2.23. The lowest BCUT2D eigenvalue weighted by atomic mass is 9.89. The molecule has 2 saturated carbocycles. The van der Waals surface area contributed by atoms with E-state index in [0.717, 1.165) is 12.8 Å². The van der Waals surface area contributed by atoms with Gasteiger partial charge in [-0.1, -0.05) is 6.07 Å². The number of nitrogens with one attached hydrogen (secondary N) is 3. The summed E-state index contributed by atoms with van der Waals surface area (Å²) in [5, 5.41) is 14.8. The zero-order chi connectivity index (χ0) is 27.8. The Kier molecular flexibility index (Phi) is 7.53. The second-order valence-electron chi connectivity index (χ2n) is 10.7. The van der Waals surface area contributed by atoms with Crippen LogP contribution in [0, 0.1) is 25.6 Å². The molecule has 2 aliphatic rings. The smallest absolute Gasteiger partial charge is 0.255 e. The van der Waals surface area contributed by atoms with E-state index in [1.54, 1.807) is 26.0 Å². The standard InChI is InChI=1S/C28H33F2N5O4/c1-13-4-9-20(39-11-16-5-6-16)22(23(13)30)25-26-24(31-12-32-25)21(14(2)33-26)28(38)35-19-8-7-17(10-18(19)29)34-27(37)15(3)36/h4,9,12,15-19,33,36H,5-8,10-11H2,1-3H3,(H,34,37)(H,35,38)/t15-,17+,18+,19+/m0/s1. The summed E-state index contributed by atoms with van der Waals surface area (Å²) in [4.78, 5) is 36.9. The first-order valence-electron chi connectivity index (χ1n) is 13.3. The molecule has 0 radical (unpaired) electrons. The van der Waals surface area contributed by atoms with Gasteiger partial charge in [0.05, 0.1) is 29.3 Å². The van der Waals surface area contributed by atoms with Crippen molar-refractivity contribution in [2.75, 3.05) is 6.61 Å². The van der Waals surface area contributed by atoms with Crippen LogP contribution in [0.1, 0.15) is 60.6 Å². The topological polar surface area (TPSA) is 129 Å². The fourth-order valence-corrected chi connectivity index (χ4v) is 5.06. The molecule has 5 rings (SSSR count). The number of hydrogen-bond donors (Lipinski definition) is 4. The van der Waals surface area contributed by atoms with Crippen molar-refractivity contribution in [2.45, 2.75) is 77.2 Å². The number of amides is 2. The zero-order valence-electron chi connectivity index (χ0n) is 22.2. The number of hydrogen-bond acceptors (Lipinski definition) is 6. The largest absolute Gasteiger partial charge is 0.492 e. The van der Waals surface area contributed by atoms with Crippen molar-refractivity contribution in [3.63, 3.8) is 0 Å². The van der Waals surface area contributed by atoms with Crippen molar-refractivity contribution in [3.8, 4) is 17.0 Å². The Morgan fingerprint density at radius 2 is 1.95 bits per heavy atom. The van der Waals surface area contributed by atoms with E-state index >= 15 is 4.39 Å². The molecule has 0 bridgehead atoms. The molecule has 0 aliphatic heterocycles. The Hall–Kier alpha value is -3.60. The lowest BCUT2D eigenvalue weighted by Gasteiger charge is -2.32. The Balaban J connectivity index is 1.40. The normalized spacial score (nSPS) is 21.9. The molecule has 4 atom stereocenters. The predicted octanol–water partition coefficient (Wildman–Crippen LogP) is 3.66. The van der Waals surface area contributed by atoms with Gasteiger partial charge in [0.1, 0.15) is 41.4 Å². The Bertz CT molecular complexity index is 1400. The third kappa shape index (κ3) is 5.59. The van der Waals surface area contributed by atoms with Crippen LogP contribution >= 0.6 is 0 Å². The van der Waals surface area contributed by atoms with E-state index < -0.39 is 42.0 Å². The molecule has 2 aliphatic carbocycles. The van der Waals surface area contributed by atoms with Crippen molar-refractivity contribution < 1.29 is 28.2 Å². The van der Waals surface area contributed by atoms with Gasteiger partial charge in [0, 0.05) is 18.2 Å². The van der Waals surface area contributed by atoms with Gasteiger partial charge in [-0.05, 0) is 64.0 Å². The number of fused-ring (bicyclic) bond motifs is 1. The van der Waals surface area contributed by atoms with Gasteiger partial charge in [0.2, 0.25) is 5.91 Å². The molecular formula is C28H33F2N5O4. The summed E-state index contributed by atoms with van der Waals surface area (Å²) in [5.41, 5.74) is 2.35. The van der Waals surface area contributed by atoms with Gasteiger partial charge in [-0.25, -0.2) is 18.7 Å². The molecule has 0 unspecified atom stereocenters. The average molecular weight is 542 g/mol. The summed E-state index contributed by atoms with van der Waals surface area (Å²) in [5.74, 6) is -0.660. The van der Waals surface area contributed by atoms with Gasteiger partial charge in [0.25, 0.3) is 5.91 Å². The summed E-state index contributed by atoms with van der Waals surface area (Å²) < 4.78 is 36.4. The maximum atomic E-state index is 15.5. The Morgan fingerprint density at radius 1 is 1.18 bits per heavy atom. The maximum absolute atomic E-state index is 15.5. The summed E-state index contributed by atoms with van der Waals surface area (Å²) in [6.07, 6.45) is 1.70. The van der Waals surface area contributed by atoms with Crippen LogP contribution in [-0.2, 0) is 4.79 Å². The molecule has 9 nitrogen and oxygen atoms in total. The molecule has 3 aromatic rings. The number of nitrogens with zero attached hydrogens (tertiary/aromatic N) is 2. The van der Waals surface area contributed by atoms with Gasteiger partial charge in [-0.3, -0.25) is 9.59 Å². The number of aromatic amines is 1. The highest BCUT2D eigenvalue weighted by Crippen LogP contribution is 2.39. The third-order valence-electron chi connectivity index (χ3n) is 7.52. The van der Waals surface area contributed by atoms with Crippen molar-refractivity contribution in [1.82, 2.24) is 25.6 Å². The Morgan fingerprint density at radius 3 is 2.64 bits per heavy atom. The number of carbonyl (C=O) groups excluding carboxylic acids is 2. The molecule has 2 amide bonds. The van der Waals surface area contributed by atoms with Crippen molar-refractivity contribution in [3.05, 3.63) is 41.1 Å². The van der Waals surface area contributed by atoms with Gasteiger partial charge in [-0.2, -0.15) is 0 Å². The van der Waals surface area contributed by atoms with Gasteiger partial charge >= 0.3 is 0 Å². The van der Waals surface area contributed by atoms with Crippen LogP contribution < -0.4 is 15.4 Å². The van der Waals surface area contributed by atoms with Crippen molar-refractivity contribution in [1.29, 1.82) is 0 Å². The highest BCUT2D eigenvalue weighted by Gasteiger charge is 2.34. The number of aliphatic hydroxyl groups is 1. The number of aliphatic hydroxyl groups excluding tert-OH is 1. The average Bonchev–Trinajstić information content (AvgIpc) is 3.66. The van der Waals surface area contributed by atoms with Gasteiger partial charge in [0.15, 0.2) is 0 Å². The van der Waals surface area contributed by atoms with Crippen molar-refractivity contribution in [2.24, 2.45) is 5.92 Å². The quantitative estimate of drug-likeness (QED) is 0.345. The highest BCUT2D eigenvalue weighted by molar-refractivity contribution is 6.09. The minimum absolute atomic E-state index is 0.0266. The van der Waals surface area contributed by atoms with Gasteiger partial charge in [-0.15, -0.1) is 0 Å². The molecule has 208 valence electrons. The lowest BCUT2D eigenvalue weighted by Crippen LogP contribution is -2.51. The third-order valence-corrected chi connectivity index (χ3v) is 7.52. The molecular weight excluding hydrogens is 508 g/mol. The van der Waals surface area contributed by atoms with Crippen LogP contribution in [0.3, 0.4) is 0 Å². The van der Waals surface area contributed by atoms with Crippen molar-refractivity contribution >= 4 is 22.8 Å². The molecule has 1 aromatic carbocycles. The second kappa shape index (κ2) is 10.9. The number of aryl methyl sites for hydroxylation is 2. The maximum Gasteiger partial charge on any atom is 0.255 e. The second-order valence-corrected chi connectivity index (χ2v) is 10.7. The first-order chi connectivity index (χ1) is 18.6. The lowest BCUT2D eigenvalue weighted by molar-refractivity contribution is -0.129. The molecule has 2 aromatic heterocycles. The molecule has 0 spiro atoms. The van der Waals surface area contributed by atoms with Crippen LogP contribution in [0.4, 0.5) is 8.78 Å². The monoisotopic (exact) mass is 541 g/mol. The predicted molar refractivity (Wildman–Crippen MR) is 141 cm³/mol. The van der Waals surface area contributed by atoms with E-state index in [1.165, 1.54) is 13.3 Å². The molecule has 2 heterocycles. The number of alkyl halides is 1. The van der Waals surface area contributed by atoms with Crippen LogP contribution in [0.2, 0.25) is 0 Å². The fraction of sp³-hybridized carbons (Fsp3) is 0.500. The minimum atomic E-state index is -1.38. The summed E-state index contributed by atoms with van der Waals surface area (Å²) >= 11 is 0. The van der Waals surface area contributed by atoms with E-state index in [9.17, 15) is 19.1 Å². The fourth-order valence-electron chi connectivity index (χ4n) is 5.06. The Labute approximate surface area is 224 Å². The van der Waals surface area contributed by atoms with E-state index in [0.29, 0.717) is 53.4 Å². The summed E-state index contributed by atoms with van der Waals surface area (Å²) in [7, 11) is 0. The number of benzene rings is 1.